The van der Waals surface area contributed by atoms with Gasteiger partial charge >= 0.3 is 11.9 Å². The fourth-order valence-corrected chi connectivity index (χ4v) is 8.27. The van der Waals surface area contributed by atoms with Gasteiger partial charge in [0, 0.05) is 37.5 Å². The summed E-state index contributed by atoms with van der Waals surface area (Å²) in [5, 5.41) is 109. The van der Waals surface area contributed by atoms with Crippen LogP contribution >= 0.6 is 0 Å². The van der Waals surface area contributed by atoms with Crippen LogP contribution in [-0.2, 0) is 33.3 Å². The smallest absolute Gasteiger partial charge is 0.314 e. The number of hydrogen-bond acceptors (Lipinski definition) is 18. The Balaban J connectivity index is 1.91. The number of cyclic esters (lactones) is 1. The first-order chi connectivity index (χ1) is 32.0. The number of hydrogen-bond donors (Lipinski definition) is 11. The fourth-order valence-electron chi connectivity index (χ4n) is 8.27. The molecule has 68 heavy (non-hydrogen) atoms. The summed E-state index contributed by atoms with van der Waals surface area (Å²) in [5.74, 6) is -5.93. The number of carbonyl (C=O) groups is 2. The van der Waals surface area contributed by atoms with Crippen molar-refractivity contribution in [2.45, 2.75) is 196 Å². The zero-order valence-corrected chi connectivity index (χ0v) is 40.1. The van der Waals surface area contributed by atoms with Crippen molar-refractivity contribution in [2.24, 2.45) is 23.5 Å². The zero-order valence-electron chi connectivity index (χ0n) is 40.1. The Bertz CT molecular complexity index is 1730. The molecule has 12 N–H and O–H groups in total. The molecule has 3 rings (SSSR count). The summed E-state index contributed by atoms with van der Waals surface area (Å²) in [6, 6.07) is -1.13. The highest BCUT2D eigenvalue weighted by atomic mass is 16.7. The summed E-state index contributed by atoms with van der Waals surface area (Å²) < 4.78 is 29.0. The van der Waals surface area contributed by atoms with Crippen LogP contribution in [0, 0.1) is 17.8 Å². The largest absolute Gasteiger partial charge is 0.463 e. The summed E-state index contributed by atoms with van der Waals surface area (Å²) in [6.07, 6.45) is 3.90. The predicted molar refractivity (Wildman–Crippen MR) is 251 cm³/mol. The Hall–Kier alpha value is -3.44. The van der Waals surface area contributed by atoms with Gasteiger partial charge in [-0.05, 0) is 47.0 Å². The van der Waals surface area contributed by atoms with Gasteiger partial charge in [-0.2, -0.15) is 0 Å². The Morgan fingerprint density at radius 1 is 0.676 bits per heavy atom. The first-order valence-electron chi connectivity index (χ1n) is 23.7. The Labute approximate surface area is 400 Å². The molecule has 0 aromatic rings. The van der Waals surface area contributed by atoms with Crippen LogP contribution in [0.3, 0.4) is 0 Å². The van der Waals surface area contributed by atoms with E-state index in [1.807, 2.05) is 37.3 Å². The van der Waals surface area contributed by atoms with E-state index in [1.165, 1.54) is 0 Å². The van der Waals surface area contributed by atoms with Gasteiger partial charge in [-0.25, -0.2) is 0 Å². The van der Waals surface area contributed by atoms with Crippen molar-refractivity contribution in [2.75, 3.05) is 0 Å². The van der Waals surface area contributed by atoms with E-state index in [4.69, 9.17) is 29.4 Å². The maximum absolute atomic E-state index is 13.5. The van der Waals surface area contributed by atoms with Crippen LogP contribution in [0.25, 0.3) is 0 Å². The van der Waals surface area contributed by atoms with Crippen molar-refractivity contribution in [3.05, 3.63) is 85.1 Å². The minimum Gasteiger partial charge on any atom is -0.463 e. The lowest BCUT2D eigenvalue weighted by Crippen LogP contribution is -2.61. The number of aliphatic hydroxyl groups excluding tert-OH is 9. The van der Waals surface area contributed by atoms with Crippen molar-refractivity contribution in [1.82, 2.24) is 0 Å². The van der Waals surface area contributed by atoms with Gasteiger partial charge < -0.3 is 80.5 Å². The van der Waals surface area contributed by atoms with E-state index in [1.54, 1.807) is 89.3 Å². The van der Waals surface area contributed by atoms with Crippen molar-refractivity contribution in [3.8, 4) is 0 Å². The molecule has 0 saturated carbocycles. The van der Waals surface area contributed by atoms with Crippen LogP contribution in [0.2, 0.25) is 0 Å². The van der Waals surface area contributed by atoms with Crippen LogP contribution in [0.5, 0.6) is 0 Å². The van der Waals surface area contributed by atoms with Crippen LogP contribution in [0.1, 0.15) is 92.9 Å². The fraction of sp³-hybridized carbons (Fsp3) is 0.680. The molecule has 0 amide bonds. The lowest BCUT2D eigenvalue weighted by atomic mass is 9.82. The molecule has 19 atom stereocenters. The molecule has 0 spiro atoms. The molecule has 2 saturated heterocycles. The van der Waals surface area contributed by atoms with Gasteiger partial charge in [-0.3, -0.25) is 9.59 Å². The monoisotopic (exact) mass is 966 g/mol. The second-order valence-corrected chi connectivity index (χ2v) is 18.7. The average Bonchev–Trinajstić information content (AvgIpc) is 3.24. The minimum atomic E-state index is -2.28. The minimum absolute atomic E-state index is 0.0959. The Morgan fingerprint density at radius 2 is 1.25 bits per heavy atom. The molecule has 3 heterocycles. The maximum atomic E-state index is 13.5. The molecule has 18 nitrogen and oxygen atoms in total. The molecule has 2 bridgehead atoms. The van der Waals surface area contributed by atoms with Crippen LogP contribution in [-0.4, -0.2) is 167 Å². The molecule has 0 aromatic carbocycles. The van der Waals surface area contributed by atoms with Crippen molar-refractivity contribution in [1.29, 1.82) is 0 Å². The number of fused-ring (bicyclic) bond motifs is 2. The summed E-state index contributed by atoms with van der Waals surface area (Å²) in [6.45, 7) is 10.0. The molecular formula is C50H79NO17. The third-order valence-corrected chi connectivity index (χ3v) is 12.4. The molecule has 0 aromatic heterocycles. The first-order valence-corrected chi connectivity index (χ1v) is 23.7. The zero-order chi connectivity index (χ0) is 50.7. The van der Waals surface area contributed by atoms with Crippen LogP contribution in [0.15, 0.2) is 85.1 Å². The molecule has 0 aliphatic carbocycles. The number of ether oxygens (including phenoxy) is 5. The van der Waals surface area contributed by atoms with Crippen LogP contribution < -0.4 is 5.73 Å². The molecule has 2 fully saturated rings. The number of aliphatic hydroxyl groups is 10. The quantitative estimate of drug-likeness (QED) is 0.178. The maximum Gasteiger partial charge on any atom is 0.314 e. The third-order valence-electron chi connectivity index (χ3n) is 12.4. The molecule has 3 aliphatic rings. The Morgan fingerprint density at radius 3 is 1.84 bits per heavy atom. The second kappa shape index (κ2) is 29.0. The van der Waals surface area contributed by atoms with Gasteiger partial charge in [0.25, 0.3) is 0 Å². The highest BCUT2D eigenvalue weighted by molar-refractivity contribution is 5.74. The Kier molecular flexibility index (Phi) is 25.1. The van der Waals surface area contributed by atoms with Gasteiger partial charge in [0.05, 0.1) is 85.7 Å². The van der Waals surface area contributed by atoms with E-state index in [9.17, 15) is 60.7 Å². The average molecular weight is 966 g/mol. The van der Waals surface area contributed by atoms with Crippen molar-refractivity contribution >= 4 is 11.9 Å². The molecule has 2 unspecified atom stereocenters. The first kappa shape index (κ1) is 58.9. The standard InChI is InChI=1S/C50H79NO17/c1-29(2)64-48(62)43-40(57)28-50(63)27-36(54)24-39(56)38(55)22-21-34(52)23-35(53)25-42(58)65-32(5)31(4)45(59)30(3)19-17-15-13-11-9-7-8-10-12-14-16-18-20-37(26-41(43)68-50)67-49-47(61)44(51)46(60)33(6)66-49/h7-20,29-41,43-47,49,52-57,59-61,63H,21-28,51H2,1-6H3/b8-7+,11-9+,12-10+,15-13+,16-14+,19-17+,20-18+/t30-,31-,32-,33+,34+,35+,36-,37-,38+,39+,40-,41?,43+,44-,45+,46+,47+,49?,50+/m0/s1. The third kappa shape index (κ3) is 19.8. The SMILES string of the molecule is CC(C)OC(=O)[C@H]1C2C[C@@H](OC3O[C@H](C)[C@@H](O)[C@H](N)[C@H]3O)/C=C/C=C/C=C/C=C/C=C/C=C/C=C/[C@H](C)[C@@H](O)[C@@H](C)[C@H](C)OC(=O)C[C@H](O)C[C@H](O)CC[C@@H](O)[C@H](O)C[C@H](O)C[C@](O)(C[C@@H]1O)O2. The molecular weight excluding hydrogens is 887 g/mol. The summed E-state index contributed by atoms with van der Waals surface area (Å²) in [5.41, 5.74) is 6.08. The van der Waals surface area contributed by atoms with E-state index in [0.29, 0.717) is 0 Å². The molecule has 3 aliphatic heterocycles. The van der Waals surface area contributed by atoms with E-state index in [0.717, 1.165) is 0 Å². The van der Waals surface area contributed by atoms with E-state index in [-0.39, 0.29) is 31.6 Å². The number of nitrogens with two attached hydrogens (primary N) is 1. The van der Waals surface area contributed by atoms with Crippen molar-refractivity contribution in [3.63, 3.8) is 0 Å². The summed E-state index contributed by atoms with van der Waals surface area (Å²) >= 11 is 0. The van der Waals surface area contributed by atoms with E-state index >= 15 is 0 Å². The second-order valence-electron chi connectivity index (χ2n) is 18.7. The van der Waals surface area contributed by atoms with Crippen molar-refractivity contribution < 1.29 is 84.3 Å². The van der Waals surface area contributed by atoms with Crippen LogP contribution in [0.4, 0.5) is 0 Å². The molecule has 0 radical (unpaired) electrons. The van der Waals surface area contributed by atoms with Gasteiger partial charge in [-0.15, -0.1) is 0 Å². The lowest BCUT2D eigenvalue weighted by Gasteiger charge is -2.45. The number of carbonyl (C=O) groups excluding carboxylic acids is 2. The normalized spacial score (nSPS) is 44.1. The van der Waals surface area contributed by atoms with E-state index < -0.39 is 153 Å². The van der Waals surface area contributed by atoms with Gasteiger partial charge in [0.1, 0.15) is 18.1 Å². The van der Waals surface area contributed by atoms with Gasteiger partial charge in [0.2, 0.25) is 0 Å². The predicted octanol–water partition coefficient (Wildman–Crippen LogP) is 1.58. The highest BCUT2D eigenvalue weighted by Crippen LogP contribution is 2.39. The highest BCUT2D eigenvalue weighted by Gasteiger charge is 2.51. The van der Waals surface area contributed by atoms with Gasteiger partial charge in [-0.1, -0.05) is 98.9 Å². The number of rotatable bonds is 4. The number of esters is 2. The molecule has 18 heteroatoms. The van der Waals surface area contributed by atoms with E-state index in [2.05, 4.69) is 0 Å². The lowest BCUT2D eigenvalue weighted by molar-refractivity contribution is -0.309. The summed E-state index contributed by atoms with van der Waals surface area (Å²) in [7, 11) is 0. The topological polar surface area (TPSA) is 309 Å². The van der Waals surface area contributed by atoms with Gasteiger partial charge in [0.15, 0.2) is 12.1 Å². The number of allylic oxidation sites excluding steroid dienone is 12. The molecule has 386 valence electrons. The summed E-state index contributed by atoms with van der Waals surface area (Å²) in [4.78, 5) is 26.2.